The largest absolute Gasteiger partial charge is 0.498 e. The van der Waals surface area contributed by atoms with Crippen molar-refractivity contribution in [1.29, 1.82) is 0 Å². The number of allylic oxidation sites excluding steroid dienone is 1. The molecule has 51 heavy (non-hydrogen) atoms. The van der Waals surface area contributed by atoms with Gasteiger partial charge in [-0.3, -0.25) is 0 Å². The number of rotatable bonds is 20. The zero-order valence-corrected chi connectivity index (χ0v) is 33.1. The summed E-state index contributed by atoms with van der Waals surface area (Å²) in [5, 5.41) is 12.1. The third-order valence-electron chi connectivity index (χ3n) is 10.1. The maximum absolute atomic E-state index is 11.9. The van der Waals surface area contributed by atoms with Gasteiger partial charge in [0.05, 0.1) is 40.1 Å². The van der Waals surface area contributed by atoms with Crippen molar-refractivity contribution in [3.63, 3.8) is 0 Å². The summed E-state index contributed by atoms with van der Waals surface area (Å²) in [4.78, 5) is 0. The Morgan fingerprint density at radius 1 is 0.843 bits per heavy atom. The Hall–Kier alpha value is -3.24. The zero-order valence-electron chi connectivity index (χ0n) is 32.1. The Labute approximate surface area is 307 Å². The molecule has 3 unspecified atom stereocenters. The number of aliphatic hydroxyl groups is 1. The molecule has 0 fully saturated rings. The van der Waals surface area contributed by atoms with E-state index < -0.39 is 26.6 Å². The maximum atomic E-state index is 11.9. The van der Waals surface area contributed by atoms with E-state index in [2.05, 4.69) is 64.2 Å². The summed E-state index contributed by atoms with van der Waals surface area (Å²) in [6.45, 7) is 13.5. The Bertz CT molecular complexity index is 1550. The molecule has 0 amide bonds. The third kappa shape index (κ3) is 11.1. The van der Waals surface area contributed by atoms with Gasteiger partial charge < -0.3 is 33.2 Å². The Kier molecular flexibility index (Phi) is 15.5. The van der Waals surface area contributed by atoms with Crippen LogP contribution in [0.25, 0.3) is 0 Å². The van der Waals surface area contributed by atoms with Crippen LogP contribution in [-0.2, 0) is 43.0 Å². The molecular weight excluding hydrogens is 657 g/mol. The predicted molar refractivity (Wildman–Crippen MR) is 207 cm³/mol. The van der Waals surface area contributed by atoms with Crippen molar-refractivity contribution in [3.8, 4) is 5.75 Å². The molecule has 0 aliphatic heterocycles. The lowest BCUT2D eigenvalue weighted by Gasteiger charge is -2.35. The van der Waals surface area contributed by atoms with Gasteiger partial charge in [0, 0.05) is 24.8 Å². The first-order chi connectivity index (χ1) is 24.5. The minimum absolute atomic E-state index is 0.138. The second kappa shape index (κ2) is 19.6. The number of fused-ring (bicyclic) bond motifs is 1. The fraction of sp³-hybridized carbons (Fsp3) is 0.488. The molecule has 0 heterocycles. The van der Waals surface area contributed by atoms with Gasteiger partial charge in [-0.15, -0.1) is 0 Å². The molecule has 0 spiro atoms. The number of hydrogen-bond donors (Lipinski definition) is 1. The van der Waals surface area contributed by atoms with Gasteiger partial charge in [-0.2, -0.15) is 0 Å². The predicted octanol–water partition coefficient (Wildman–Crippen LogP) is 10.1. The van der Waals surface area contributed by atoms with Crippen molar-refractivity contribution < 1.29 is 33.2 Å². The van der Waals surface area contributed by atoms with E-state index in [9.17, 15) is 5.11 Å². The summed E-state index contributed by atoms with van der Waals surface area (Å²) < 4.78 is 37.0. The topological polar surface area (TPSA) is 75.6 Å². The van der Waals surface area contributed by atoms with E-state index in [1.807, 2.05) is 54.6 Å². The number of aliphatic hydroxyl groups excluding tert-OH is 1. The summed E-state index contributed by atoms with van der Waals surface area (Å²) >= 11 is 0. The molecule has 4 rings (SSSR count). The van der Waals surface area contributed by atoms with Crippen LogP contribution in [0.4, 0.5) is 0 Å². The van der Waals surface area contributed by atoms with Crippen molar-refractivity contribution in [2.24, 2.45) is 0 Å². The van der Waals surface area contributed by atoms with Gasteiger partial charge in [0.25, 0.3) is 0 Å². The first-order valence-corrected chi connectivity index (χ1v) is 21.2. The minimum Gasteiger partial charge on any atom is -0.498 e. The van der Waals surface area contributed by atoms with E-state index in [0.29, 0.717) is 50.8 Å². The summed E-state index contributed by atoms with van der Waals surface area (Å²) in [5.74, 6) is 1.32. The van der Waals surface area contributed by atoms with Crippen LogP contribution in [-0.4, -0.2) is 48.0 Å². The van der Waals surface area contributed by atoms with Crippen LogP contribution >= 0.6 is 0 Å². The molecule has 1 N–H and O–H groups in total. The van der Waals surface area contributed by atoms with Gasteiger partial charge >= 0.3 is 0 Å². The number of unbranched alkanes of at least 4 members (excludes halogenated alkanes) is 2. The average Bonchev–Trinajstić information content (AvgIpc) is 3.12. The van der Waals surface area contributed by atoms with Crippen molar-refractivity contribution in [2.75, 3.05) is 34.5 Å². The van der Waals surface area contributed by atoms with Crippen molar-refractivity contribution in [3.05, 3.63) is 124 Å². The first-order valence-electron chi connectivity index (χ1n) is 18.3. The number of ether oxygens (including phenoxy) is 5. The van der Waals surface area contributed by atoms with Gasteiger partial charge in [-0.25, -0.2) is 0 Å². The SMILES string of the molecule is COC1=CC(OCc2ccccc2)c2c(cc(C/C=C/CO[Si](C)(C)C(C)(C)C)c(C(O)CCCCCOCc3ccccc3)c2OC)C1OC. The van der Waals surface area contributed by atoms with Crippen LogP contribution in [0.2, 0.25) is 18.1 Å². The fourth-order valence-corrected chi connectivity index (χ4v) is 7.14. The number of benzene rings is 3. The normalized spacial score (nSPS) is 16.9. The molecule has 1 aliphatic carbocycles. The average molecular weight is 717 g/mol. The summed E-state index contributed by atoms with van der Waals surface area (Å²) in [5.41, 5.74) is 5.79. The number of methoxy groups -OCH3 is 3. The maximum Gasteiger partial charge on any atom is 0.192 e. The van der Waals surface area contributed by atoms with Crippen molar-refractivity contribution >= 4 is 8.32 Å². The highest BCUT2D eigenvalue weighted by atomic mass is 28.4. The third-order valence-corrected chi connectivity index (χ3v) is 14.6. The molecule has 8 heteroatoms. The monoisotopic (exact) mass is 716 g/mol. The molecule has 278 valence electrons. The highest BCUT2D eigenvalue weighted by Crippen LogP contribution is 2.49. The first kappa shape index (κ1) is 40.5. The molecule has 0 saturated heterocycles. The van der Waals surface area contributed by atoms with Crippen LogP contribution in [0.3, 0.4) is 0 Å². The Balaban J connectivity index is 1.59. The van der Waals surface area contributed by atoms with E-state index in [1.165, 1.54) is 5.56 Å². The Morgan fingerprint density at radius 3 is 2.12 bits per heavy atom. The lowest BCUT2D eigenvalue weighted by molar-refractivity contribution is 0.0357. The van der Waals surface area contributed by atoms with Gasteiger partial charge in [0.2, 0.25) is 0 Å². The smallest absolute Gasteiger partial charge is 0.192 e. The van der Waals surface area contributed by atoms with Gasteiger partial charge in [-0.05, 0) is 65.7 Å². The lowest BCUT2D eigenvalue weighted by atomic mass is 9.83. The molecule has 3 aromatic rings. The molecular formula is C43H60O7Si. The zero-order chi connectivity index (χ0) is 36.9. The summed E-state index contributed by atoms with van der Waals surface area (Å²) in [6.07, 6.45) is 8.49. The minimum atomic E-state index is -1.88. The summed E-state index contributed by atoms with van der Waals surface area (Å²) in [7, 11) is 3.14. The van der Waals surface area contributed by atoms with Crippen molar-refractivity contribution in [2.45, 2.75) is 103 Å². The van der Waals surface area contributed by atoms with Gasteiger partial charge in [0.1, 0.15) is 23.7 Å². The molecule has 3 aromatic carbocycles. The van der Waals surface area contributed by atoms with Crippen LogP contribution in [0.15, 0.2) is 90.7 Å². The second-order valence-corrected chi connectivity index (χ2v) is 19.6. The van der Waals surface area contributed by atoms with Gasteiger partial charge in [-0.1, -0.05) is 112 Å². The highest BCUT2D eigenvalue weighted by molar-refractivity contribution is 6.74. The van der Waals surface area contributed by atoms with Crippen molar-refractivity contribution in [1.82, 2.24) is 0 Å². The molecule has 0 saturated carbocycles. The van der Waals surface area contributed by atoms with E-state index in [4.69, 9.17) is 28.1 Å². The molecule has 1 aliphatic rings. The molecule has 3 atom stereocenters. The molecule has 0 bridgehead atoms. The van der Waals surface area contributed by atoms with Gasteiger partial charge in [0.15, 0.2) is 8.32 Å². The Morgan fingerprint density at radius 2 is 1.51 bits per heavy atom. The number of hydrogen-bond acceptors (Lipinski definition) is 7. The second-order valence-electron chi connectivity index (χ2n) is 14.7. The lowest BCUT2D eigenvalue weighted by Crippen LogP contribution is -2.40. The van der Waals surface area contributed by atoms with Crippen LogP contribution in [0.5, 0.6) is 5.75 Å². The molecule has 7 nitrogen and oxygen atoms in total. The molecule has 0 aromatic heterocycles. The van der Waals surface area contributed by atoms with Crippen LogP contribution < -0.4 is 4.74 Å². The quantitative estimate of drug-likeness (QED) is 0.0709. The van der Waals surface area contributed by atoms with Crippen LogP contribution in [0, 0.1) is 0 Å². The molecule has 0 radical (unpaired) electrons. The van der Waals surface area contributed by atoms with E-state index in [-0.39, 0.29) is 5.04 Å². The van der Waals surface area contributed by atoms with E-state index in [1.54, 1.807) is 21.3 Å². The highest BCUT2D eigenvalue weighted by Gasteiger charge is 2.37. The van der Waals surface area contributed by atoms with Crippen LogP contribution in [0.1, 0.15) is 98.1 Å². The summed E-state index contributed by atoms with van der Waals surface area (Å²) in [6, 6.07) is 22.5. The fourth-order valence-electron chi connectivity index (χ4n) is 6.19. The van der Waals surface area contributed by atoms with E-state index in [0.717, 1.165) is 47.1 Å². The van der Waals surface area contributed by atoms with E-state index >= 15 is 0 Å². The standard InChI is InChI=1S/C43H60O7Si/c1-43(2,3)51(7,8)50-27-19-17-24-34-28-35-40(37(29-38(45-4)41(35)46-5)49-31-33-22-14-10-15-23-33)42(47-6)39(34)36(44)25-16-11-18-26-48-30-32-20-12-9-13-21-32/h9-10,12-15,17,19-23,28-29,36-37,41,44H,11,16,18,24-27,30-31H2,1-8H3/b19-17+.